The Kier molecular flexibility index (Phi) is 5.39. The van der Waals surface area contributed by atoms with E-state index in [0.29, 0.717) is 22.7 Å². The number of ether oxygens (including phenoxy) is 1. The number of hydrogen-bond acceptors (Lipinski definition) is 6. The number of hydrogen-bond donors (Lipinski definition) is 1. The lowest BCUT2D eigenvalue weighted by molar-refractivity contribution is 0.0469. The Labute approximate surface area is 193 Å². The van der Waals surface area contributed by atoms with Crippen LogP contribution in [0.3, 0.4) is 0 Å². The molecule has 5 aromatic rings. The van der Waals surface area contributed by atoms with Crippen LogP contribution in [-0.4, -0.2) is 21.4 Å². The van der Waals surface area contributed by atoms with Crippen LogP contribution in [0.25, 0.3) is 16.4 Å². The molecule has 0 fully saturated rings. The number of nitrogens with zero attached hydrogens (tertiary/aromatic N) is 2. The summed E-state index contributed by atoms with van der Waals surface area (Å²) in [4.78, 5) is 42.3. The van der Waals surface area contributed by atoms with Gasteiger partial charge in [-0.15, -0.1) is 4.57 Å². The van der Waals surface area contributed by atoms with Crippen molar-refractivity contribution < 1.29 is 18.8 Å². The first-order valence-electron chi connectivity index (χ1n) is 10.5. The summed E-state index contributed by atoms with van der Waals surface area (Å²) < 4.78 is 11.7. The van der Waals surface area contributed by atoms with E-state index in [1.807, 2.05) is 36.4 Å². The highest BCUT2D eigenvalue weighted by atomic mass is 16.5. The van der Waals surface area contributed by atoms with Gasteiger partial charge in [0.05, 0.1) is 16.9 Å². The van der Waals surface area contributed by atoms with Crippen molar-refractivity contribution in [1.82, 2.24) is 9.56 Å². The first kappa shape index (κ1) is 21.1. The summed E-state index contributed by atoms with van der Waals surface area (Å²) in [7, 11) is 0. The maximum atomic E-state index is 13.0. The molecule has 34 heavy (non-hydrogen) atoms. The van der Waals surface area contributed by atoms with Crippen molar-refractivity contribution in [3.05, 3.63) is 112 Å². The third-order valence-electron chi connectivity index (χ3n) is 5.30. The van der Waals surface area contributed by atoms with Gasteiger partial charge >= 0.3 is 5.97 Å². The Balaban J connectivity index is 1.36. The fourth-order valence-electron chi connectivity index (χ4n) is 3.75. The molecule has 1 N–H and O–H groups in total. The van der Waals surface area contributed by atoms with Gasteiger partial charge in [-0.1, -0.05) is 48.5 Å². The molecule has 0 radical (unpaired) electrons. The molecule has 0 spiro atoms. The first-order valence-corrected chi connectivity index (χ1v) is 10.5. The molecule has 0 aliphatic rings. The summed E-state index contributed by atoms with van der Waals surface area (Å²) in [6, 6.07) is 22.5. The van der Waals surface area contributed by atoms with Crippen LogP contribution in [0.15, 0.2) is 88.2 Å². The summed E-state index contributed by atoms with van der Waals surface area (Å²) in [6.07, 6.45) is 0. The number of fused-ring (bicyclic) bond motifs is 2. The predicted molar refractivity (Wildman–Crippen MR) is 126 cm³/mol. The molecule has 0 unspecified atom stereocenters. The Bertz CT molecular complexity index is 1610. The summed E-state index contributed by atoms with van der Waals surface area (Å²) in [6.45, 7) is 1.50. The van der Waals surface area contributed by atoms with E-state index in [0.717, 1.165) is 15.3 Å². The zero-order valence-electron chi connectivity index (χ0n) is 18.1. The van der Waals surface area contributed by atoms with Gasteiger partial charge in [-0.3, -0.25) is 9.59 Å². The molecule has 0 atom stereocenters. The molecule has 0 aliphatic heterocycles. The van der Waals surface area contributed by atoms with Crippen molar-refractivity contribution in [3.63, 3.8) is 0 Å². The molecule has 2 heterocycles. The maximum Gasteiger partial charge on any atom is 0.340 e. The lowest BCUT2D eigenvalue weighted by atomic mass is 10.0. The number of para-hydroxylation sites is 1. The van der Waals surface area contributed by atoms with Crippen LogP contribution in [0, 0.1) is 6.92 Å². The first-order chi connectivity index (χ1) is 16.5. The summed E-state index contributed by atoms with van der Waals surface area (Å²) in [5.41, 5.74) is 1.21. The highest BCUT2D eigenvalue weighted by molar-refractivity contribution is 6.14. The lowest BCUT2D eigenvalue weighted by Crippen LogP contribution is -2.17. The fraction of sp³-hybridized carbons (Fsp3) is 0.0769. The van der Waals surface area contributed by atoms with Gasteiger partial charge in [0.15, 0.2) is 5.65 Å². The molecule has 1 amide bonds. The summed E-state index contributed by atoms with van der Waals surface area (Å²) in [5.74, 6) is -0.457. The van der Waals surface area contributed by atoms with E-state index in [2.05, 4.69) is 10.3 Å². The predicted octanol–water partition coefficient (Wildman–Crippen LogP) is 4.36. The van der Waals surface area contributed by atoms with Gasteiger partial charge in [0.2, 0.25) is 0 Å². The molecule has 0 saturated carbocycles. The number of carbonyl (C=O) groups is 2. The monoisotopic (exact) mass is 453 g/mol. The second kappa shape index (κ2) is 8.67. The minimum atomic E-state index is -0.654. The summed E-state index contributed by atoms with van der Waals surface area (Å²) in [5, 5.41) is 4.56. The molecular formula is C26H19N3O5. The molecule has 0 aliphatic carbocycles. The standard InChI is InChI=1S/C26H19N3O5/c1-16-13-23-27-18(14-24(30)29(23)34-16)15-33-26(32)21-10-4-5-12-22(21)28-25(31)20-11-6-8-17-7-2-3-9-19(17)20/h2-14H,15H2,1H3,(H,28,31). The molecule has 8 heteroatoms. The van der Waals surface area contributed by atoms with Gasteiger partial charge in [-0.25, -0.2) is 9.78 Å². The molecule has 0 bridgehead atoms. The molecule has 3 aromatic carbocycles. The fourth-order valence-corrected chi connectivity index (χ4v) is 3.75. The number of aryl methyl sites for hydroxylation is 1. The number of rotatable bonds is 5. The highest BCUT2D eigenvalue weighted by Crippen LogP contribution is 2.22. The van der Waals surface area contributed by atoms with E-state index < -0.39 is 11.5 Å². The number of benzene rings is 3. The molecule has 168 valence electrons. The topological polar surface area (TPSA) is 103 Å². The number of esters is 1. The van der Waals surface area contributed by atoms with E-state index in [1.54, 1.807) is 43.3 Å². The SMILES string of the molecule is Cc1cc2nc(COC(=O)c3ccccc3NC(=O)c3cccc4ccccc34)cc(=O)n2o1. The van der Waals surface area contributed by atoms with Gasteiger partial charge in [-0.2, -0.15) is 0 Å². The smallest absolute Gasteiger partial charge is 0.340 e. The number of nitrogens with one attached hydrogen (secondary N) is 1. The van der Waals surface area contributed by atoms with Gasteiger partial charge in [0.1, 0.15) is 12.4 Å². The quantitative estimate of drug-likeness (QED) is 0.397. The van der Waals surface area contributed by atoms with Crippen LogP contribution in [-0.2, 0) is 11.3 Å². The van der Waals surface area contributed by atoms with Gasteiger partial charge in [0.25, 0.3) is 11.5 Å². The highest BCUT2D eigenvalue weighted by Gasteiger charge is 2.17. The van der Waals surface area contributed by atoms with E-state index in [-0.39, 0.29) is 23.8 Å². The molecule has 8 nitrogen and oxygen atoms in total. The van der Waals surface area contributed by atoms with Crippen LogP contribution >= 0.6 is 0 Å². The van der Waals surface area contributed by atoms with Crippen LogP contribution in [0.2, 0.25) is 0 Å². The van der Waals surface area contributed by atoms with Crippen molar-refractivity contribution in [1.29, 1.82) is 0 Å². The van der Waals surface area contributed by atoms with Crippen molar-refractivity contribution in [2.45, 2.75) is 13.5 Å². The van der Waals surface area contributed by atoms with Crippen molar-refractivity contribution in [2.24, 2.45) is 0 Å². The van der Waals surface area contributed by atoms with Crippen LogP contribution in [0.1, 0.15) is 32.2 Å². The third-order valence-corrected chi connectivity index (χ3v) is 5.30. The lowest BCUT2D eigenvalue weighted by Gasteiger charge is -2.12. The second-order valence-electron chi connectivity index (χ2n) is 7.69. The molecular weight excluding hydrogens is 434 g/mol. The Morgan fingerprint density at radius 2 is 1.71 bits per heavy atom. The van der Waals surface area contributed by atoms with Crippen LogP contribution < -0.4 is 10.9 Å². The van der Waals surface area contributed by atoms with Crippen molar-refractivity contribution in [2.75, 3.05) is 5.32 Å². The Morgan fingerprint density at radius 1 is 0.971 bits per heavy atom. The van der Waals surface area contributed by atoms with E-state index in [9.17, 15) is 14.4 Å². The molecule has 2 aromatic heterocycles. The number of carbonyl (C=O) groups excluding carboxylic acids is 2. The average molecular weight is 453 g/mol. The van der Waals surface area contributed by atoms with Gasteiger partial charge < -0.3 is 14.6 Å². The van der Waals surface area contributed by atoms with E-state index in [4.69, 9.17) is 9.26 Å². The van der Waals surface area contributed by atoms with Gasteiger partial charge in [-0.05, 0) is 35.9 Å². The van der Waals surface area contributed by atoms with Gasteiger partial charge in [0, 0.05) is 17.7 Å². The maximum absolute atomic E-state index is 13.0. The number of amides is 1. The average Bonchev–Trinajstić information content (AvgIpc) is 3.23. The summed E-state index contributed by atoms with van der Waals surface area (Å²) >= 11 is 0. The van der Waals surface area contributed by atoms with Crippen molar-refractivity contribution in [3.8, 4) is 0 Å². The molecule has 5 rings (SSSR count). The van der Waals surface area contributed by atoms with E-state index >= 15 is 0 Å². The largest absolute Gasteiger partial charge is 0.456 e. The molecule has 0 saturated heterocycles. The minimum absolute atomic E-state index is 0.188. The number of anilines is 1. The van der Waals surface area contributed by atoms with Crippen molar-refractivity contribution >= 4 is 34.0 Å². The van der Waals surface area contributed by atoms with E-state index in [1.165, 1.54) is 6.07 Å². The zero-order chi connectivity index (χ0) is 23.7. The second-order valence-corrected chi connectivity index (χ2v) is 7.69. The Hall–Kier alpha value is -4.72. The van der Waals surface area contributed by atoms with Crippen LogP contribution in [0.5, 0.6) is 0 Å². The number of aromatic nitrogens is 2. The Morgan fingerprint density at radius 3 is 2.59 bits per heavy atom. The zero-order valence-corrected chi connectivity index (χ0v) is 18.1. The normalized spacial score (nSPS) is 11.0. The van der Waals surface area contributed by atoms with Crippen LogP contribution in [0.4, 0.5) is 5.69 Å². The third kappa shape index (κ3) is 4.04. The minimum Gasteiger partial charge on any atom is -0.456 e.